The first-order valence-corrected chi connectivity index (χ1v) is 5.42. The van der Waals surface area contributed by atoms with E-state index in [9.17, 15) is 0 Å². The Morgan fingerprint density at radius 2 is 2.12 bits per heavy atom. The minimum absolute atomic E-state index is 0.822. The minimum atomic E-state index is 0.822. The fraction of sp³-hybridized carbons (Fsp3) is 0.333. The number of pyridine rings is 1. The Morgan fingerprint density at radius 1 is 1.31 bits per heavy atom. The molecule has 0 saturated heterocycles. The number of aryl methyl sites for hydroxylation is 2. The zero-order valence-corrected chi connectivity index (χ0v) is 9.43. The molecule has 2 heterocycles. The smallest absolute Gasteiger partial charge is 0.0950 e. The van der Waals surface area contributed by atoms with Crippen LogP contribution in [0, 0.1) is 0 Å². The van der Waals surface area contributed by atoms with E-state index in [1.807, 2.05) is 37.9 Å². The molecule has 0 radical (unpaired) electrons. The Kier molecular flexibility index (Phi) is 3.66. The molecule has 0 fully saturated rings. The summed E-state index contributed by atoms with van der Waals surface area (Å²) in [6.45, 7) is 1.78. The Labute approximate surface area is 95.4 Å². The summed E-state index contributed by atoms with van der Waals surface area (Å²) in [5.41, 5.74) is 2.39. The molecule has 0 atom stereocenters. The Bertz CT molecular complexity index is 422. The van der Waals surface area contributed by atoms with Crippen molar-refractivity contribution in [1.29, 1.82) is 0 Å². The normalized spacial score (nSPS) is 10.6. The van der Waals surface area contributed by atoms with E-state index in [1.165, 1.54) is 5.56 Å². The fourth-order valence-corrected chi connectivity index (χ4v) is 1.61. The molecule has 4 heteroatoms. The van der Waals surface area contributed by atoms with Gasteiger partial charge in [0, 0.05) is 31.7 Å². The largest absolute Gasteiger partial charge is 0.337 e. The summed E-state index contributed by atoms with van der Waals surface area (Å²) in [7, 11) is 1.93. The van der Waals surface area contributed by atoms with Gasteiger partial charge in [-0.3, -0.25) is 4.98 Å². The summed E-state index contributed by atoms with van der Waals surface area (Å²) < 4.78 is 2.12. The van der Waals surface area contributed by atoms with E-state index in [4.69, 9.17) is 0 Å². The van der Waals surface area contributed by atoms with Gasteiger partial charge in [-0.2, -0.15) is 0 Å². The lowest BCUT2D eigenvalue weighted by Crippen LogP contribution is -2.05. The summed E-state index contributed by atoms with van der Waals surface area (Å²) >= 11 is 0. The number of hydrogen-bond donors (Lipinski definition) is 1. The maximum atomic E-state index is 4.31. The highest BCUT2D eigenvalue weighted by Crippen LogP contribution is 2.01. The third kappa shape index (κ3) is 2.90. The number of hydrogen-bond acceptors (Lipinski definition) is 3. The molecule has 0 aliphatic rings. The summed E-state index contributed by atoms with van der Waals surface area (Å²) in [4.78, 5) is 8.31. The van der Waals surface area contributed by atoms with Crippen molar-refractivity contribution in [2.24, 2.45) is 0 Å². The van der Waals surface area contributed by atoms with Crippen molar-refractivity contribution in [3.63, 3.8) is 0 Å². The van der Waals surface area contributed by atoms with Gasteiger partial charge in [0.1, 0.15) is 0 Å². The van der Waals surface area contributed by atoms with Crippen LogP contribution in [0.1, 0.15) is 11.3 Å². The molecule has 0 aromatic carbocycles. The number of imidazole rings is 1. The number of aromatic nitrogens is 3. The molecule has 0 aliphatic heterocycles. The Morgan fingerprint density at radius 3 is 2.88 bits per heavy atom. The molecule has 0 unspecified atom stereocenters. The Balaban J connectivity index is 1.89. The molecular weight excluding hydrogens is 200 g/mol. The van der Waals surface area contributed by atoms with E-state index in [0.29, 0.717) is 0 Å². The molecule has 0 aliphatic carbocycles. The summed E-state index contributed by atoms with van der Waals surface area (Å²) in [6.07, 6.45) is 8.63. The van der Waals surface area contributed by atoms with Gasteiger partial charge in [0.05, 0.1) is 12.0 Å². The highest BCUT2D eigenvalue weighted by atomic mass is 15.0. The molecule has 4 nitrogen and oxygen atoms in total. The molecule has 0 saturated carbocycles. The van der Waals surface area contributed by atoms with E-state index in [0.717, 1.165) is 25.2 Å². The molecule has 2 aromatic rings. The van der Waals surface area contributed by atoms with Gasteiger partial charge >= 0.3 is 0 Å². The maximum Gasteiger partial charge on any atom is 0.0950 e. The first-order valence-electron chi connectivity index (χ1n) is 5.42. The van der Waals surface area contributed by atoms with Gasteiger partial charge in [-0.05, 0) is 31.2 Å². The second kappa shape index (κ2) is 5.42. The van der Waals surface area contributed by atoms with Crippen LogP contribution < -0.4 is 5.32 Å². The van der Waals surface area contributed by atoms with Crippen molar-refractivity contribution in [2.75, 3.05) is 7.05 Å². The molecule has 16 heavy (non-hydrogen) atoms. The van der Waals surface area contributed by atoms with Crippen LogP contribution in [0.15, 0.2) is 37.1 Å². The lowest BCUT2D eigenvalue weighted by molar-refractivity contribution is 0.693. The van der Waals surface area contributed by atoms with E-state index in [-0.39, 0.29) is 0 Å². The summed E-state index contributed by atoms with van der Waals surface area (Å²) in [6, 6.07) is 4.09. The number of rotatable bonds is 5. The lowest BCUT2D eigenvalue weighted by Gasteiger charge is -2.01. The average molecular weight is 216 g/mol. The van der Waals surface area contributed by atoms with Crippen LogP contribution >= 0.6 is 0 Å². The predicted molar refractivity (Wildman–Crippen MR) is 62.9 cm³/mol. The van der Waals surface area contributed by atoms with Gasteiger partial charge in [-0.25, -0.2) is 4.98 Å². The molecular formula is C12H16N4. The predicted octanol–water partition coefficient (Wildman–Crippen LogP) is 1.24. The summed E-state index contributed by atoms with van der Waals surface area (Å²) in [5, 5.41) is 3.09. The minimum Gasteiger partial charge on any atom is -0.337 e. The van der Waals surface area contributed by atoms with Crippen LogP contribution in [0.25, 0.3) is 0 Å². The van der Waals surface area contributed by atoms with Gasteiger partial charge in [0.15, 0.2) is 0 Å². The van der Waals surface area contributed by atoms with E-state index >= 15 is 0 Å². The van der Waals surface area contributed by atoms with Gasteiger partial charge < -0.3 is 9.88 Å². The molecule has 84 valence electrons. The zero-order chi connectivity index (χ0) is 11.2. The zero-order valence-electron chi connectivity index (χ0n) is 9.43. The fourth-order valence-electron chi connectivity index (χ4n) is 1.61. The van der Waals surface area contributed by atoms with Crippen LogP contribution in [-0.4, -0.2) is 21.6 Å². The number of nitrogens with one attached hydrogen (secondary N) is 1. The van der Waals surface area contributed by atoms with Gasteiger partial charge in [-0.1, -0.05) is 0 Å². The molecule has 0 bridgehead atoms. The topological polar surface area (TPSA) is 42.7 Å². The van der Waals surface area contributed by atoms with Gasteiger partial charge in [-0.15, -0.1) is 0 Å². The van der Waals surface area contributed by atoms with Gasteiger partial charge in [0.25, 0.3) is 0 Å². The van der Waals surface area contributed by atoms with Crippen LogP contribution in [-0.2, 0) is 19.5 Å². The molecule has 0 spiro atoms. The van der Waals surface area contributed by atoms with E-state index < -0.39 is 0 Å². The van der Waals surface area contributed by atoms with Crippen molar-refractivity contribution in [3.05, 3.63) is 48.3 Å². The monoisotopic (exact) mass is 216 g/mol. The molecule has 2 rings (SSSR count). The van der Waals surface area contributed by atoms with Crippen LogP contribution in [0.4, 0.5) is 0 Å². The van der Waals surface area contributed by atoms with Crippen molar-refractivity contribution in [2.45, 2.75) is 19.5 Å². The van der Waals surface area contributed by atoms with E-state index in [1.54, 1.807) is 0 Å². The van der Waals surface area contributed by atoms with Crippen LogP contribution in [0.3, 0.4) is 0 Å². The maximum absolute atomic E-state index is 4.31. The van der Waals surface area contributed by atoms with Crippen LogP contribution in [0.5, 0.6) is 0 Å². The second-order valence-corrected chi connectivity index (χ2v) is 3.74. The SMILES string of the molecule is CNCc1cn(CCc2ccncc2)cn1. The Hall–Kier alpha value is -1.68. The third-order valence-corrected chi connectivity index (χ3v) is 2.45. The molecule has 0 amide bonds. The molecule has 2 aromatic heterocycles. The van der Waals surface area contributed by atoms with Crippen LogP contribution in [0.2, 0.25) is 0 Å². The van der Waals surface area contributed by atoms with Gasteiger partial charge in [0.2, 0.25) is 0 Å². The summed E-state index contributed by atoms with van der Waals surface area (Å²) in [5.74, 6) is 0. The van der Waals surface area contributed by atoms with Crippen molar-refractivity contribution < 1.29 is 0 Å². The van der Waals surface area contributed by atoms with Crippen molar-refractivity contribution >= 4 is 0 Å². The first kappa shape index (κ1) is 10.8. The van der Waals surface area contributed by atoms with Crippen molar-refractivity contribution in [3.8, 4) is 0 Å². The van der Waals surface area contributed by atoms with E-state index in [2.05, 4.69) is 26.0 Å². The highest BCUT2D eigenvalue weighted by Gasteiger charge is 1.98. The number of nitrogens with zero attached hydrogens (tertiary/aromatic N) is 3. The highest BCUT2D eigenvalue weighted by molar-refractivity contribution is 5.09. The lowest BCUT2D eigenvalue weighted by atomic mass is 10.2. The quantitative estimate of drug-likeness (QED) is 0.817. The standard InChI is InChI=1S/C12H16N4/c1-13-8-12-9-16(10-15-12)7-4-11-2-5-14-6-3-11/h2-3,5-6,9-10,13H,4,7-8H2,1H3. The first-order chi connectivity index (χ1) is 7.88. The third-order valence-electron chi connectivity index (χ3n) is 2.45. The molecule has 1 N–H and O–H groups in total. The average Bonchev–Trinajstić information content (AvgIpc) is 2.76. The second-order valence-electron chi connectivity index (χ2n) is 3.74. The van der Waals surface area contributed by atoms with Crippen molar-refractivity contribution in [1.82, 2.24) is 19.9 Å².